The van der Waals surface area contributed by atoms with Crippen LogP contribution in [0.4, 0.5) is 0 Å². The van der Waals surface area contributed by atoms with Crippen molar-refractivity contribution in [2.75, 3.05) is 0 Å². The summed E-state index contributed by atoms with van der Waals surface area (Å²) in [7, 11) is 0. The summed E-state index contributed by atoms with van der Waals surface area (Å²) in [5.41, 5.74) is 0. The number of rotatable bonds is 4. The van der Waals surface area contributed by atoms with Crippen molar-refractivity contribution >= 4 is 28.6 Å². The van der Waals surface area contributed by atoms with E-state index >= 15 is 0 Å². The van der Waals surface area contributed by atoms with Crippen molar-refractivity contribution in [3.8, 4) is 0 Å². The van der Waals surface area contributed by atoms with Gasteiger partial charge in [0.1, 0.15) is 10.0 Å². The Balaban J connectivity index is 2.25. The lowest BCUT2D eigenvalue weighted by atomic mass is 10.1. The molecular formula is C11H19IO2. The molecule has 82 valence electrons. The number of hydrogen-bond acceptors (Lipinski definition) is 2. The fourth-order valence-corrected chi connectivity index (χ4v) is 2.92. The lowest BCUT2D eigenvalue weighted by Gasteiger charge is -2.15. The fraction of sp³-hybridized carbons (Fsp3) is 0.909. The summed E-state index contributed by atoms with van der Waals surface area (Å²) in [5.74, 6) is 0.555. The predicted octanol–water partition coefficient (Wildman–Crippen LogP) is 3.32. The Morgan fingerprint density at radius 2 is 2.00 bits per heavy atom. The van der Waals surface area contributed by atoms with E-state index in [0.717, 1.165) is 19.3 Å². The lowest BCUT2D eigenvalue weighted by Crippen LogP contribution is -2.23. The smallest absolute Gasteiger partial charge is 0.319 e. The van der Waals surface area contributed by atoms with Gasteiger partial charge in [-0.25, -0.2) is 0 Å². The standard InChI is InChI=1S/C11H19IO2/c1-8(2)7-10(12)11(13)14-9-5-3-4-6-9/h8-10H,3-7H2,1-2H3/t10-/m0/s1. The van der Waals surface area contributed by atoms with Crippen LogP contribution in [0.5, 0.6) is 0 Å². The highest BCUT2D eigenvalue weighted by Gasteiger charge is 2.23. The first kappa shape index (κ1) is 12.3. The maximum absolute atomic E-state index is 11.6. The van der Waals surface area contributed by atoms with E-state index in [4.69, 9.17) is 4.74 Å². The topological polar surface area (TPSA) is 26.3 Å². The van der Waals surface area contributed by atoms with Crippen molar-refractivity contribution in [2.45, 2.75) is 56.0 Å². The van der Waals surface area contributed by atoms with E-state index in [1.165, 1.54) is 12.8 Å². The van der Waals surface area contributed by atoms with Crippen LogP contribution < -0.4 is 0 Å². The van der Waals surface area contributed by atoms with E-state index in [-0.39, 0.29) is 16.0 Å². The van der Waals surface area contributed by atoms with Gasteiger partial charge in [0.2, 0.25) is 0 Å². The monoisotopic (exact) mass is 310 g/mol. The van der Waals surface area contributed by atoms with Gasteiger partial charge in [-0.3, -0.25) is 4.79 Å². The molecule has 1 fully saturated rings. The molecule has 0 unspecified atom stereocenters. The van der Waals surface area contributed by atoms with Gasteiger partial charge in [-0.1, -0.05) is 36.4 Å². The summed E-state index contributed by atoms with van der Waals surface area (Å²) < 4.78 is 5.46. The van der Waals surface area contributed by atoms with Gasteiger partial charge in [0.25, 0.3) is 0 Å². The average molecular weight is 310 g/mol. The Morgan fingerprint density at radius 1 is 1.43 bits per heavy atom. The molecule has 0 saturated heterocycles. The van der Waals surface area contributed by atoms with Crippen molar-refractivity contribution in [3.05, 3.63) is 0 Å². The number of esters is 1. The maximum Gasteiger partial charge on any atom is 0.319 e. The summed E-state index contributed by atoms with van der Waals surface area (Å²) >= 11 is 2.19. The van der Waals surface area contributed by atoms with Gasteiger partial charge >= 0.3 is 5.97 Å². The van der Waals surface area contributed by atoms with Crippen LogP contribution >= 0.6 is 22.6 Å². The second-order valence-corrected chi connectivity index (χ2v) is 5.94. The Bertz CT molecular complexity index is 186. The van der Waals surface area contributed by atoms with Crippen molar-refractivity contribution in [1.29, 1.82) is 0 Å². The van der Waals surface area contributed by atoms with Gasteiger partial charge in [0.15, 0.2) is 0 Å². The largest absolute Gasteiger partial charge is 0.462 e. The summed E-state index contributed by atoms with van der Waals surface area (Å²) in [6.45, 7) is 4.27. The molecule has 0 N–H and O–H groups in total. The minimum atomic E-state index is -0.00815. The molecule has 0 aliphatic heterocycles. The van der Waals surface area contributed by atoms with Crippen LogP contribution in [0.1, 0.15) is 46.0 Å². The first-order chi connectivity index (χ1) is 6.59. The van der Waals surface area contributed by atoms with E-state index in [2.05, 4.69) is 36.4 Å². The Kier molecular flexibility index (Phi) is 5.20. The first-order valence-corrected chi connectivity index (χ1v) is 6.68. The number of halogens is 1. The van der Waals surface area contributed by atoms with Crippen LogP contribution in [0.2, 0.25) is 0 Å². The quantitative estimate of drug-likeness (QED) is 0.452. The van der Waals surface area contributed by atoms with E-state index in [0.29, 0.717) is 5.92 Å². The third-order valence-electron chi connectivity index (χ3n) is 2.52. The third kappa shape index (κ3) is 4.15. The van der Waals surface area contributed by atoms with Crippen LogP contribution in [0.25, 0.3) is 0 Å². The van der Waals surface area contributed by atoms with Crippen molar-refractivity contribution < 1.29 is 9.53 Å². The van der Waals surface area contributed by atoms with Gasteiger partial charge < -0.3 is 4.74 Å². The van der Waals surface area contributed by atoms with Gasteiger partial charge in [-0.2, -0.15) is 0 Å². The molecule has 0 bridgehead atoms. The van der Waals surface area contributed by atoms with Gasteiger partial charge in [0, 0.05) is 0 Å². The molecule has 2 nitrogen and oxygen atoms in total. The Morgan fingerprint density at radius 3 is 2.50 bits per heavy atom. The zero-order valence-electron chi connectivity index (χ0n) is 8.96. The summed E-state index contributed by atoms with van der Waals surface area (Å²) in [4.78, 5) is 11.6. The highest BCUT2D eigenvalue weighted by atomic mass is 127. The normalized spacial score (nSPS) is 20.0. The molecule has 0 spiro atoms. The average Bonchev–Trinajstić information content (AvgIpc) is 2.55. The molecule has 14 heavy (non-hydrogen) atoms. The molecule has 1 aliphatic carbocycles. The zero-order valence-corrected chi connectivity index (χ0v) is 11.1. The van der Waals surface area contributed by atoms with E-state index in [1.807, 2.05) is 0 Å². The number of carbonyl (C=O) groups excluding carboxylic acids is 1. The molecule has 0 aromatic rings. The van der Waals surface area contributed by atoms with E-state index in [9.17, 15) is 4.79 Å². The molecule has 0 radical (unpaired) electrons. The molecule has 1 rings (SSSR count). The van der Waals surface area contributed by atoms with Crippen LogP contribution in [0, 0.1) is 5.92 Å². The molecule has 0 amide bonds. The molecule has 1 saturated carbocycles. The van der Waals surface area contributed by atoms with E-state index in [1.54, 1.807) is 0 Å². The fourth-order valence-electron chi connectivity index (χ4n) is 1.75. The van der Waals surface area contributed by atoms with Crippen LogP contribution in [0.3, 0.4) is 0 Å². The summed E-state index contributed by atoms with van der Waals surface area (Å²) in [5, 5.41) is 0. The van der Waals surface area contributed by atoms with Gasteiger partial charge in [0.05, 0.1) is 0 Å². The van der Waals surface area contributed by atoms with Crippen molar-refractivity contribution in [2.24, 2.45) is 5.92 Å². The van der Waals surface area contributed by atoms with Crippen molar-refractivity contribution in [3.63, 3.8) is 0 Å². The highest BCUT2D eigenvalue weighted by Crippen LogP contribution is 2.23. The second-order valence-electron chi connectivity index (χ2n) is 4.44. The lowest BCUT2D eigenvalue weighted by molar-refractivity contribution is -0.147. The Labute approximate surface area is 99.9 Å². The van der Waals surface area contributed by atoms with Gasteiger partial charge in [-0.05, 0) is 38.0 Å². The van der Waals surface area contributed by atoms with Gasteiger partial charge in [-0.15, -0.1) is 0 Å². The second kappa shape index (κ2) is 5.93. The maximum atomic E-state index is 11.6. The third-order valence-corrected chi connectivity index (χ3v) is 3.54. The minimum Gasteiger partial charge on any atom is -0.462 e. The number of alkyl halides is 1. The van der Waals surface area contributed by atoms with Crippen molar-refractivity contribution in [1.82, 2.24) is 0 Å². The number of carbonyl (C=O) groups is 1. The molecule has 0 heterocycles. The molecule has 0 aromatic heterocycles. The van der Waals surface area contributed by atoms with Crippen LogP contribution in [0.15, 0.2) is 0 Å². The summed E-state index contributed by atoms with van der Waals surface area (Å²) in [6, 6.07) is 0. The molecular weight excluding hydrogens is 291 g/mol. The predicted molar refractivity (Wildman–Crippen MR) is 65.6 cm³/mol. The number of ether oxygens (including phenoxy) is 1. The Hall–Kier alpha value is 0.200. The van der Waals surface area contributed by atoms with Crippen LogP contribution in [-0.2, 0) is 9.53 Å². The zero-order chi connectivity index (χ0) is 10.6. The molecule has 0 aromatic carbocycles. The molecule has 1 aliphatic rings. The number of hydrogen-bond donors (Lipinski definition) is 0. The highest BCUT2D eigenvalue weighted by molar-refractivity contribution is 14.1. The molecule has 1 atom stereocenters. The van der Waals surface area contributed by atoms with Crippen LogP contribution in [-0.4, -0.2) is 16.0 Å². The summed E-state index contributed by atoms with van der Waals surface area (Å²) in [6.07, 6.45) is 5.70. The molecule has 3 heteroatoms. The first-order valence-electron chi connectivity index (χ1n) is 5.44. The van der Waals surface area contributed by atoms with E-state index < -0.39 is 0 Å². The SMILES string of the molecule is CC(C)C[C@H](I)C(=O)OC1CCCC1. The minimum absolute atomic E-state index is 0.00815.